The quantitative estimate of drug-likeness (QED) is 0.471. The van der Waals surface area contributed by atoms with Gasteiger partial charge in [0.25, 0.3) is 5.91 Å². The van der Waals surface area contributed by atoms with E-state index in [1.54, 1.807) is 48.5 Å². The van der Waals surface area contributed by atoms with Crippen LogP contribution in [0.25, 0.3) is 0 Å². The Balaban J connectivity index is 1.79. The SMILES string of the molecule is CCOc1ccc(C(=O)CCC(=O)OC(C)C(=O)Nc2ccc(C(C)=O)cc2)cc1. The standard InChI is InChI=1S/C23H25NO6/c1-4-29-20-11-7-18(8-12-20)21(26)13-14-22(27)30-16(3)23(28)24-19-9-5-17(6-10-19)15(2)25/h5-12,16H,4,13-14H2,1-3H3,(H,24,28). The lowest BCUT2D eigenvalue weighted by Crippen LogP contribution is -2.30. The number of hydrogen-bond donors (Lipinski definition) is 1. The van der Waals surface area contributed by atoms with Crippen LogP contribution in [0.3, 0.4) is 0 Å². The number of benzene rings is 2. The summed E-state index contributed by atoms with van der Waals surface area (Å²) in [4.78, 5) is 47.6. The molecule has 0 saturated carbocycles. The predicted molar refractivity (Wildman–Crippen MR) is 112 cm³/mol. The number of nitrogens with one attached hydrogen (secondary N) is 1. The van der Waals surface area contributed by atoms with E-state index < -0.39 is 18.0 Å². The lowest BCUT2D eigenvalue weighted by atomic mass is 10.1. The van der Waals surface area contributed by atoms with Crippen LogP contribution < -0.4 is 10.1 Å². The molecule has 2 aromatic rings. The molecule has 2 rings (SSSR count). The molecule has 0 spiro atoms. The molecule has 0 aliphatic heterocycles. The van der Waals surface area contributed by atoms with Crippen molar-refractivity contribution >= 4 is 29.1 Å². The van der Waals surface area contributed by atoms with Crippen molar-refractivity contribution in [2.75, 3.05) is 11.9 Å². The smallest absolute Gasteiger partial charge is 0.307 e. The second-order valence-electron chi connectivity index (χ2n) is 6.64. The van der Waals surface area contributed by atoms with Crippen LogP contribution in [0.5, 0.6) is 5.75 Å². The summed E-state index contributed by atoms with van der Waals surface area (Å²) < 4.78 is 10.4. The zero-order valence-corrected chi connectivity index (χ0v) is 17.3. The fraction of sp³-hybridized carbons (Fsp3) is 0.304. The van der Waals surface area contributed by atoms with Gasteiger partial charge in [-0.2, -0.15) is 0 Å². The third kappa shape index (κ3) is 6.84. The van der Waals surface area contributed by atoms with Gasteiger partial charge in [-0.15, -0.1) is 0 Å². The van der Waals surface area contributed by atoms with Crippen molar-refractivity contribution in [3.8, 4) is 5.75 Å². The number of amides is 1. The molecule has 1 N–H and O–H groups in total. The van der Waals surface area contributed by atoms with Crippen molar-refractivity contribution in [1.29, 1.82) is 0 Å². The third-order valence-electron chi connectivity index (χ3n) is 4.28. The van der Waals surface area contributed by atoms with E-state index in [1.165, 1.54) is 13.8 Å². The molecular weight excluding hydrogens is 386 g/mol. The number of ketones is 2. The summed E-state index contributed by atoms with van der Waals surface area (Å²) in [5.74, 6) is -0.738. The van der Waals surface area contributed by atoms with Gasteiger partial charge in [-0.05, 0) is 69.3 Å². The maximum atomic E-state index is 12.2. The molecule has 7 nitrogen and oxygen atoms in total. The van der Waals surface area contributed by atoms with Gasteiger partial charge in [-0.1, -0.05) is 0 Å². The van der Waals surface area contributed by atoms with E-state index in [9.17, 15) is 19.2 Å². The minimum Gasteiger partial charge on any atom is -0.494 e. The molecule has 0 aromatic heterocycles. The Labute approximate surface area is 175 Å². The van der Waals surface area contributed by atoms with Crippen molar-refractivity contribution in [3.05, 3.63) is 59.7 Å². The molecule has 1 amide bonds. The van der Waals surface area contributed by atoms with Crippen molar-refractivity contribution in [3.63, 3.8) is 0 Å². The molecule has 0 aliphatic rings. The van der Waals surface area contributed by atoms with Crippen molar-refractivity contribution < 1.29 is 28.7 Å². The van der Waals surface area contributed by atoms with Crippen LogP contribution in [-0.2, 0) is 14.3 Å². The van der Waals surface area contributed by atoms with Gasteiger partial charge in [0.1, 0.15) is 5.75 Å². The average Bonchev–Trinajstić information content (AvgIpc) is 2.73. The van der Waals surface area contributed by atoms with Gasteiger partial charge in [0.2, 0.25) is 0 Å². The highest BCUT2D eigenvalue weighted by molar-refractivity contribution is 5.99. The maximum absolute atomic E-state index is 12.2. The van der Waals surface area contributed by atoms with Gasteiger partial charge < -0.3 is 14.8 Å². The molecule has 1 atom stereocenters. The lowest BCUT2D eigenvalue weighted by molar-refractivity contribution is -0.153. The van der Waals surface area contributed by atoms with Crippen LogP contribution >= 0.6 is 0 Å². The molecule has 0 saturated heterocycles. The van der Waals surface area contributed by atoms with Crippen LogP contribution in [-0.4, -0.2) is 36.2 Å². The van der Waals surface area contributed by atoms with Gasteiger partial charge in [0.05, 0.1) is 13.0 Å². The fourth-order valence-corrected chi connectivity index (χ4v) is 2.61. The minimum absolute atomic E-state index is 0.0202. The highest BCUT2D eigenvalue weighted by Crippen LogP contribution is 2.15. The second-order valence-corrected chi connectivity index (χ2v) is 6.64. The Morgan fingerprint density at radius 2 is 1.50 bits per heavy atom. The number of ether oxygens (including phenoxy) is 2. The summed E-state index contributed by atoms with van der Waals surface area (Å²) in [5, 5.41) is 2.61. The summed E-state index contributed by atoms with van der Waals surface area (Å²) in [5.41, 5.74) is 1.49. The predicted octanol–water partition coefficient (Wildman–Crippen LogP) is 3.82. The molecule has 158 valence electrons. The van der Waals surface area contributed by atoms with Crippen molar-refractivity contribution in [2.24, 2.45) is 0 Å². The van der Waals surface area contributed by atoms with Crippen LogP contribution in [0, 0.1) is 0 Å². The Kier molecular flexibility index (Phi) is 8.29. The Morgan fingerprint density at radius 1 is 0.900 bits per heavy atom. The molecule has 1 unspecified atom stereocenters. The van der Waals surface area contributed by atoms with E-state index in [-0.39, 0.29) is 24.4 Å². The Hall–Kier alpha value is -3.48. The van der Waals surface area contributed by atoms with Crippen LogP contribution in [0.4, 0.5) is 5.69 Å². The first-order valence-electron chi connectivity index (χ1n) is 9.67. The highest BCUT2D eigenvalue weighted by atomic mass is 16.5. The Morgan fingerprint density at radius 3 is 2.07 bits per heavy atom. The average molecular weight is 411 g/mol. The first kappa shape index (κ1) is 22.8. The summed E-state index contributed by atoms with van der Waals surface area (Å²) >= 11 is 0. The third-order valence-corrected chi connectivity index (χ3v) is 4.28. The van der Waals surface area contributed by atoms with Gasteiger partial charge in [-0.3, -0.25) is 19.2 Å². The van der Waals surface area contributed by atoms with E-state index in [0.29, 0.717) is 29.2 Å². The molecule has 30 heavy (non-hydrogen) atoms. The summed E-state index contributed by atoms with van der Waals surface area (Å²) in [6, 6.07) is 13.1. The van der Waals surface area contributed by atoms with Gasteiger partial charge in [0, 0.05) is 23.2 Å². The molecule has 7 heteroatoms. The molecule has 0 fully saturated rings. The fourth-order valence-electron chi connectivity index (χ4n) is 2.61. The highest BCUT2D eigenvalue weighted by Gasteiger charge is 2.19. The van der Waals surface area contributed by atoms with Gasteiger partial charge in [0.15, 0.2) is 17.7 Å². The van der Waals surface area contributed by atoms with Crippen LogP contribution in [0.1, 0.15) is 54.3 Å². The molecule has 0 heterocycles. The molecule has 0 radical (unpaired) electrons. The number of carbonyl (C=O) groups excluding carboxylic acids is 4. The first-order chi connectivity index (χ1) is 14.3. The van der Waals surface area contributed by atoms with E-state index >= 15 is 0 Å². The Bertz CT molecular complexity index is 902. The van der Waals surface area contributed by atoms with Gasteiger partial charge in [-0.25, -0.2) is 0 Å². The van der Waals surface area contributed by atoms with Crippen molar-refractivity contribution in [2.45, 2.75) is 39.7 Å². The molecule has 2 aromatic carbocycles. The molecule has 0 bridgehead atoms. The van der Waals surface area contributed by atoms with E-state index in [4.69, 9.17) is 9.47 Å². The number of Topliss-reactive ketones (excluding diaryl/α,β-unsaturated/α-hetero) is 2. The normalized spacial score (nSPS) is 11.3. The van der Waals surface area contributed by atoms with E-state index in [0.717, 1.165) is 0 Å². The number of rotatable bonds is 10. The van der Waals surface area contributed by atoms with Crippen LogP contribution in [0.15, 0.2) is 48.5 Å². The summed E-state index contributed by atoms with van der Waals surface area (Å²) in [6.45, 7) is 5.31. The molecular formula is C23H25NO6. The maximum Gasteiger partial charge on any atom is 0.307 e. The van der Waals surface area contributed by atoms with Crippen LogP contribution in [0.2, 0.25) is 0 Å². The number of anilines is 1. The summed E-state index contributed by atoms with van der Waals surface area (Å²) in [6.07, 6.45) is -1.17. The monoisotopic (exact) mass is 411 g/mol. The number of esters is 1. The van der Waals surface area contributed by atoms with Crippen molar-refractivity contribution in [1.82, 2.24) is 0 Å². The number of hydrogen-bond acceptors (Lipinski definition) is 6. The van der Waals surface area contributed by atoms with Gasteiger partial charge >= 0.3 is 5.97 Å². The summed E-state index contributed by atoms with van der Waals surface area (Å²) in [7, 11) is 0. The largest absolute Gasteiger partial charge is 0.494 e. The molecule has 0 aliphatic carbocycles. The second kappa shape index (κ2) is 10.9. The zero-order valence-electron chi connectivity index (χ0n) is 17.3. The topological polar surface area (TPSA) is 98.8 Å². The van der Waals surface area contributed by atoms with E-state index in [1.807, 2.05) is 6.92 Å². The van der Waals surface area contributed by atoms with E-state index in [2.05, 4.69) is 5.32 Å². The number of carbonyl (C=O) groups is 4. The zero-order chi connectivity index (χ0) is 22.1. The lowest BCUT2D eigenvalue weighted by Gasteiger charge is -2.13. The first-order valence-corrected chi connectivity index (χ1v) is 9.67. The minimum atomic E-state index is -1.02.